The second-order valence-electron chi connectivity index (χ2n) is 5.08. The van der Waals surface area contributed by atoms with Crippen LogP contribution in [0.5, 0.6) is 0 Å². The third-order valence-electron chi connectivity index (χ3n) is 3.10. The summed E-state index contributed by atoms with van der Waals surface area (Å²) in [5.41, 5.74) is 7.95. The fourth-order valence-corrected chi connectivity index (χ4v) is 2.74. The first-order valence-electron chi connectivity index (χ1n) is 6.92. The van der Waals surface area contributed by atoms with E-state index in [-0.39, 0.29) is 18.4 Å². The van der Waals surface area contributed by atoms with Crippen LogP contribution in [0.25, 0.3) is 0 Å². The van der Waals surface area contributed by atoms with E-state index in [9.17, 15) is 9.59 Å². The van der Waals surface area contributed by atoms with Gasteiger partial charge in [-0.2, -0.15) is 0 Å². The predicted octanol–water partition coefficient (Wildman–Crippen LogP) is 2.55. The quantitative estimate of drug-likeness (QED) is 0.759. The average molecular weight is 317 g/mol. The summed E-state index contributed by atoms with van der Waals surface area (Å²) in [6.07, 6.45) is 0. The number of thiophene rings is 1. The summed E-state index contributed by atoms with van der Waals surface area (Å²) in [5.74, 6) is -0.612. The number of hydrazine groups is 1. The van der Waals surface area contributed by atoms with Crippen LogP contribution in [-0.2, 0) is 4.79 Å². The Morgan fingerprint density at radius 3 is 2.45 bits per heavy atom. The summed E-state index contributed by atoms with van der Waals surface area (Å²) in [5, 5.41) is 3.05. The smallest absolute Gasteiger partial charge is 0.279 e. The van der Waals surface area contributed by atoms with Gasteiger partial charge < -0.3 is 5.32 Å². The first-order valence-corrected chi connectivity index (χ1v) is 7.74. The van der Waals surface area contributed by atoms with Crippen LogP contribution in [0.4, 0.5) is 5.69 Å². The number of aryl methyl sites for hydroxylation is 3. The van der Waals surface area contributed by atoms with Gasteiger partial charge in [-0.15, -0.1) is 11.3 Å². The van der Waals surface area contributed by atoms with Crippen LogP contribution < -0.4 is 16.2 Å². The van der Waals surface area contributed by atoms with Gasteiger partial charge in [-0.25, -0.2) is 0 Å². The molecule has 6 heteroatoms. The van der Waals surface area contributed by atoms with Crippen molar-refractivity contribution >= 4 is 28.8 Å². The number of nitrogens with one attached hydrogen (secondary N) is 3. The van der Waals surface area contributed by atoms with Gasteiger partial charge in [0.1, 0.15) is 0 Å². The molecule has 0 aliphatic heterocycles. The fourth-order valence-electron chi connectivity index (χ4n) is 1.98. The molecule has 22 heavy (non-hydrogen) atoms. The van der Waals surface area contributed by atoms with Crippen LogP contribution in [-0.4, -0.2) is 18.4 Å². The van der Waals surface area contributed by atoms with Crippen LogP contribution in [0.15, 0.2) is 30.3 Å². The van der Waals surface area contributed by atoms with Crippen molar-refractivity contribution < 1.29 is 9.59 Å². The molecule has 0 saturated heterocycles. The summed E-state index contributed by atoms with van der Waals surface area (Å²) in [6.45, 7) is 6.01. The lowest BCUT2D eigenvalue weighted by Crippen LogP contribution is -2.43. The number of carbonyl (C=O) groups excluding carboxylic acids is 2. The topological polar surface area (TPSA) is 70.2 Å². The number of hydrogen-bond acceptors (Lipinski definition) is 4. The fraction of sp³-hybridized carbons (Fsp3) is 0.250. The maximum absolute atomic E-state index is 11.8. The third kappa shape index (κ3) is 4.33. The Morgan fingerprint density at radius 2 is 1.82 bits per heavy atom. The largest absolute Gasteiger partial charge is 0.376 e. The molecule has 0 atom stereocenters. The lowest BCUT2D eigenvalue weighted by molar-refractivity contribution is -0.120. The van der Waals surface area contributed by atoms with E-state index >= 15 is 0 Å². The standard InChI is InChI=1S/C16H19N3O2S/c1-10-4-6-13(11(2)8-10)17-9-15(20)18-19-16(21)14-7-5-12(3)22-14/h4-8,17H,9H2,1-3H3,(H,18,20)(H,19,21). The summed E-state index contributed by atoms with van der Waals surface area (Å²) in [4.78, 5) is 25.2. The van der Waals surface area contributed by atoms with Crippen molar-refractivity contribution in [2.75, 3.05) is 11.9 Å². The SMILES string of the molecule is Cc1ccc(NCC(=O)NNC(=O)c2ccc(C)s2)c(C)c1. The summed E-state index contributed by atoms with van der Waals surface area (Å²) >= 11 is 1.38. The second-order valence-corrected chi connectivity index (χ2v) is 6.37. The van der Waals surface area contributed by atoms with Crippen molar-refractivity contribution in [2.24, 2.45) is 0 Å². The van der Waals surface area contributed by atoms with Gasteiger partial charge in [0.15, 0.2) is 0 Å². The van der Waals surface area contributed by atoms with Gasteiger partial charge in [0.05, 0.1) is 11.4 Å². The Balaban J connectivity index is 1.79. The van der Waals surface area contributed by atoms with E-state index < -0.39 is 0 Å². The highest BCUT2D eigenvalue weighted by Crippen LogP contribution is 2.15. The molecule has 0 aliphatic rings. The monoisotopic (exact) mass is 317 g/mol. The van der Waals surface area contributed by atoms with Gasteiger partial charge in [0, 0.05) is 10.6 Å². The normalized spacial score (nSPS) is 10.1. The van der Waals surface area contributed by atoms with Crippen LogP contribution >= 0.6 is 11.3 Å². The molecular weight excluding hydrogens is 298 g/mol. The molecule has 0 fully saturated rings. The first-order chi connectivity index (χ1) is 10.5. The zero-order chi connectivity index (χ0) is 16.1. The predicted molar refractivity (Wildman–Crippen MR) is 89.1 cm³/mol. The molecule has 2 amide bonds. The van der Waals surface area contributed by atoms with Gasteiger partial charge in [0.2, 0.25) is 0 Å². The van der Waals surface area contributed by atoms with E-state index in [1.165, 1.54) is 16.9 Å². The van der Waals surface area contributed by atoms with E-state index in [2.05, 4.69) is 16.2 Å². The minimum Gasteiger partial charge on any atom is -0.376 e. The first kappa shape index (κ1) is 16.0. The summed E-state index contributed by atoms with van der Waals surface area (Å²) < 4.78 is 0. The Bertz CT molecular complexity index is 694. The summed E-state index contributed by atoms with van der Waals surface area (Å²) in [7, 11) is 0. The van der Waals surface area contributed by atoms with E-state index in [0.29, 0.717) is 4.88 Å². The highest BCUT2D eigenvalue weighted by Gasteiger charge is 2.09. The molecule has 5 nitrogen and oxygen atoms in total. The van der Waals surface area contributed by atoms with E-state index in [4.69, 9.17) is 0 Å². The van der Waals surface area contributed by atoms with Gasteiger partial charge >= 0.3 is 0 Å². The van der Waals surface area contributed by atoms with Gasteiger partial charge in [-0.3, -0.25) is 20.4 Å². The van der Waals surface area contributed by atoms with Gasteiger partial charge in [-0.1, -0.05) is 17.7 Å². The Morgan fingerprint density at radius 1 is 1.05 bits per heavy atom. The molecule has 0 saturated carbocycles. The molecule has 2 rings (SSSR count). The molecule has 0 spiro atoms. The van der Waals surface area contributed by atoms with Crippen LogP contribution in [0.2, 0.25) is 0 Å². The zero-order valence-electron chi connectivity index (χ0n) is 12.8. The third-order valence-corrected chi connectivity index (χ3v) is 4.10. The van der Waals surface area contributed by atoms with Crippen molar-refractivity contribution in [1.29, 1.82) is 0 Å². The van der Waals surface area contributed by atoms with Crippen LogP contribution in [0.1, 0.15) is 25.7 Å². The van der Waals surface area contributed by atoms with Crippen molar-refractivity contribution in [3.8, 4) is 0 Å². The van der Waals surface area contributed by atoms with Crippen molar-refractivity contribution in [2.45, 2.75) is 20.8 Å². The Kier molecular flexibility index (Phi) is 5.16. The van der Waals surface area contributed by atoms with E-state index in [1.807, 2.05) is 45.0 Å². The molecule has 1 aromatic carbocycles. The molecule has 1 aromatic heterocycles. The maximum Gasteiger partial charge on any atom is 0.279 e. The Labute approximate surface area is 133 Å². The van der Waals surface area contributed by atoms with Crippen LogP contribution in [0, 0.1) is 20.8 Å². The average Bonchev–Trinajstić information content (AvgIpc) is 2.90. The number of hydrogen-bond donors (Lipinski definition) is 3. The number of benzene rings is 1. The molecular formula is C16H19N3O2S. The molecule has 3 N–H and O–H groups in total. The molecule has 2 aromatic rings. The number of rotatable bonds is 4. The maximum atomic E-state index is 11.8. The summed E-state index contributed by atoms with van der Waals surface area (Å²) in [6, 6.07) is 9.55. The highest BCUT2D eigenvalue weighted by molar-refractivity contribution is 7.13. The lowest BCUT2D eigenvalue weighted by Gasteiger charge is -2.11. The lowest BCUT2D eigenvalue weighted by atomic mass is 10.1. The van der Waals surface area contributed by atoms with E-state index in [1.54, 1.807) is 6.07 Å². The van der Waals surface area contributed by atoms with Crippen molar-refractivity contribution in [3.63, 3.8) is 0 Å². The number of carbonyl (C=O) groups is 2. The number of anilines is 1. The molecule has 0 unspecified atom stereocenters. The molecule has 0 bridgehead atoms. The van der Waals surface area contributed by atoms with Gasteiger partial charge in [-0.05, 0) is 44.5 Å². The van der Waals surface area contributed by atoms with Crippen LogP contribution in [0.3, 0.4) is 0 Å². The number of amides is 2. The molecule has 1 heterocycles. The minimum atomic E-state index is -0.307. The van der Waals surface area contributed by atoms with E-state index in [0.717, 1.165) is 16.1 Å². The molecule has 0 radical (unpaired) electrons. The zero-order valence-corrected chi connectivity index (χ0v) is 13.6. The molecule has 0 aliphatic carbocycles. The van der Waals surface area contributed by atoms with Crippen molar-refractivity contribution in [1.82, 2.24) is 10.9 Å². The second kappa shape index (κ2) is 7.09. The highest BCUT2D eigenvalue weighted by atomic mass is 32.1. The van der Waals surface area contributed by atoms with Gasteiger partial charge in [0.25, 0.3) is 11.8 Å². The Hall–Kier alpha value is -2.34. The molecule has 116 valence electrons. The minimum absolute atomic E-state index is 0.0909. The van der Waals surface area contributed by atoms with Crippen molar-refractivity contribution in [3.05, 3.63) is 51.2 Å².